The fourth-order valence-electron chi connectivity index (χ4n) is 2.77. The molecule has 1 aromatic heterocycles. The average Bonchev–Trinajstić information content (AvgIpc) is 3.10. The Kier molecular flexibility index (Phi) is 6.98. The Bertz CT molecular complexity index is 654. The molecule has 1 saturated heterocycles. The highest BCUT2D eigenvalue weighted by molar-refractivity contribution is 7.91. The van der Waals surface area contributed by atoms with Gasteiger partial charge in [0.05, 0.1) is 5.60 Å². The van der Waals surface area contributed by atoms with Crippen molar-refractivity contribution in [3.8, 4) is 0 Å². The van der Waals surface area contributed by atoms with Gasteiger partial charge in [-0.25, -0.2) is 12.7 Å². The first-order valence-electron chi connectivity index (χ1n) is 8.28. The van der Waals surface area contributed by atoms with E-state index in [4.69, 9.17) is 4.74 Å². The molecule has 0 radical (unpaired) electrons. The summed E-state index contributed by atoms with van der Waals surface area (Å²) >= 11 is 1.18. The predicted molar refractivity (Wildman–Crippen MR) is 96.0 cm³/mol. The number of aliphatic hydroxyl groups is 1. The molecule has 2 rings (SSSR count). The van der Waals surface area contributed by atoms with Crippen LogP contribution in [0.1, 0.15) is 25.7 Å². The van der Waals surface area contributed by atoms with Gasteiger partial charge in [0.25, 0.3) is 10.0 Å². The number of hydrogen-bond donors (Lipinski definition) is 1. The molecule has 7 nitrogen and oxygen atoms in total. The largest absolute Gasteiger partial charge is 0.388 e. The van der Waals surface area contributed by atoms with Gasteiger partial charge in [-0.05, 0) is 17.9 Å². The van der Waals surface area contributed by atoms with E-state index in [0.717, 1.165) is 0 Å². The number of nitrogens with zero attached hydrogens (tertiary/aromatic N) is 2. The fourth-order valence-corrected chi connectivity index (χ4v) is 5.18. The van der Waals surface area contributed by atoms with Crippen molar-refractivity contribution in [3.05, 3.63) is 17.5 Å². The second-order valence-electron chi connectivity index (χ2n) is 6.45. The Morgan fingerprint density at radius 2 is 2.04 bits per heavy atom. The first-order valence-corrected chi connectivity index (χ1v) is 10.6. The van der Waals surface area contributed by atoms with Crippen LogP contribution in [-0.2, 0) is 19.6 Å². The lowest BCUT2D eigenvalue weighted by molar-refractivity contribution is -0.136. The molecule has 1 N–H and O–H groups in total. The number of hydrogen-bond acceptors (Lipinski definition) is 6. The molecule has 1 aromatic rings. The Labute approximate surface area is 153 Å². The van der Waals surface area contributed by atoms with Gasteiger partial charge >= 0.3 is 0 Å². The second-order valence-corrected chi connectivity index (χ2v) is 9.67. The molecule has 142 valence electrons. The van der Waals surface area contributed by atoms with E-state index < -0.39 is 15.6 Å². The summed E-state index contributed by atoms with van der Waals surface area (Å²) in [7, 11) is -0.283. The van der Waals surface area contributed by atoms with Crippen molar-refractivity contribution in [1.29, 1.82) is 0 Å². The zero-order chi connectivity index (χ0) is 18.5. The van der Waals surface area contributed by atoms with E-state index in [2.05, 4.69) is 0 Å². The van der Waals surface area contributed by atoms with Gasteiger partial charge in [-0.3, -0.25) is 4.79 Å². The third kappa shape index (κ3) is 5.49. The molecule has 0 atom stereocenters. The van der Waals surface area contributed by atoms with E-state index in [-0.39, 0.29) is 25.4 Å². The van der Waals surface area contributed by atoms with Gasteiger partial charge in [0.1, 0.15) is 4.21 Å². The van der Waals surface area contributed by atoms with Crippen LogP contribution in [0.2, 0.25) is 0 Å². The van der Waals surface area contributed by atoms with Crippen LogP contribution in [0.3, 0.4) is 0 Å². The minimum absolute atomic E-state index is 0.0955. The van der Waals surface area contributed by atoms with E-state index in [0.29, 0.717) is 36.7 Å². The number of thiophene rings is 1. The lowest BCUT2D eigenvalue weighted by Crippen LogP contribution is -2.47. The van der Waals surface area contributed by atoms with Gasteiger partial charge in [-0.1, -0.05) is 6.07 Å². The maximum absolute atomic E-state index is 12.3. The van der Waals surface area contributed by atoms with Gasteiger partial charge in [-0.15, -0.1) is 11.3 Å². The zero-order valence-electron chi connectivity index (χ0n) is 14.7. The summed E-state index contributed by atoms with van der Waals surface area (Å²) in [5.41, 5.74) is -0.887. The molecular formula is C16H26N2O5S2. The smallest absolute Gasteiger partial charge is 0.252 e. The van der Waals surface area contributed by atoms with E-state index >= 15 is 0 Å². The standard InChI is InChI=1S/C16H26N2O5S2/c1-17(13-16(20)7-10-23-11-8-16)14(19)5-3-9-18(2)25(21,22)15-6-4-12-24-15/h4,6,12,20H,3,5,7-11,13H2,1-2H3. The van der Waals surface area contributed by atoms with E-state index in [9.17, 15) is 18.3 Å². The molecule has 0 aromatic carbocycles. The van der Waals surface area contributed by atoms with Crippen LogP contribution < -0.4 is 0 Å². The molecule has 0 bridgehead atoms. The molecule has 2 heterocycles. The molecule has 1 amide bonds. The quantitative estimate of drug-likeness (QED) is 0.719. The van der Waals surface area contributed by atoms with Crippen LogP contribution in [-0.4, -0.2) is 74.6 Å². The lowest BCUT2D eigenvalue weighted by Gasteiger charge is -2.35. The van der Waals surface area contributed by atoms with Crippen LogP contribution in [0.15, 0.2) is 21.7 Å². The highest BCUT2D eigenvalue weighted by atomic mass is 32.2. The van der Waals surface area contributed by atoms with Crippen molar-refractivity contribution in [3.63, 3.8) is 0 Å². The monoisotopic (exact) mass is 390 g/mol. The Hall–Kier alpha value is -1.00. The molecular weight excluding hydrogens is 364 g/mol. The molecule has 0 aliphatic carbocycles. The van der Waals surface area contributed by atoms with Gasteiger partial charge < -0.3 is 14.7 Å². The van der Waals surface area contributed by atoms with Crippen LogP contribution in [0, 0.1) is 0 Å². The Morgan fingerprint density at radius 3 is 2.64 bits per heavy atom. The van der Waals surface area contributed by atoms with E-state index in [1.165, 1.54) is 27.6 Å². The summed E-state index contributed by atoms with van der Waals surface area (Å²) in [5, 5.41) is 12.2. The Balaban J connectivity index is 1.77. The molecule has 25 heavy (non-hydrogen) atoms. The summed E-state index contributed by atoms with van der Waals surface area (Å²) in [4.78, 5) is 13.8. The van der Waals surface area contributed by atoms with Crippen molar-refractivity contribution in [2.75, 3.05) is 40.4 Å². The van der Waals surface area contributed by atoms with Gasteiger partial charge in [0.15, 0.2) is 0 Å². The SMILES string of the molecule is CN(CC1(O)CCOCC1)C(=O)CCCN(C)S(=O)(=O)c1cccs1. The summed E-state index contributed by atoms with van der Waals surface area (Å²) in [6, 6.07) is 3.27. The number of carbonyl (C=O) groups is 1. The minimum Gasteiger partial charge on any atom is -0.388 e. The third-order valence-corrected chi connectivity index (χ3v) is 7.63. The highest BCUT2D eigenvalue weighted by Gasteiger charge is 2.32. The summed E-state index contributed by atoms with van der Waals surface area (Å²) in [6.45, 7) is 1.56. The van der Waals surface area contributed by atoms with Crippen LogP contribution in [0.4, 0.5) is 0 Å². The number of sulfonamides is 1. The first kappa shape index (κ1) is 20.3. The van der Waals surface area contributed by atoms with E-state index in [1.54, 1.807) is 24.6 Å². The van der Waals surface area contributed by atoms with Crippen LogP contribution in [0.25, 0.3) is 0 Å². The lowest BCUT2D eigenvalue weighted by atomic mass is 9.94. The van der Waals surface area contributed by atoms with Gasteiger partial charge in [0, 0.05) is 59.7 Å². The topological polar surface area (TPSA) is 87.2 Å². The van der Waals surface area contributed by atoms with Crippen molar-refractivity contribution in [2.24, 2.45) is 0 Å². The van der Waals surface area contributed by atoms with Crippen molar-refractivity contribution < 1.29 is 23.1 Å². The minimum atomic E-state index is -3.47. The summed E-state index contributed by atoms with van der Waals surface area (Å²) in [6.07, 6.45) is 1.72. The zero-order valence-corrected chi connectivity index (χ0v) is 16.3. The molecule has 1 aliphatic heterocycles. The van der Waals surface area contributed by atoms with Crippen LogP contribution in [0.5, 0.6) is 0 Å². The van der Waals surface area contributed by atoms with E-state index in [1.807, 2.05) is 0 Å². The van der Waals surface area contributed by atoms with Crippen molar-refractivity contribution in [1.82, 2.24) is 9.21 Å². The molecule has 1 aliphatic rings. The van der Waals surface area contributed by atoms with Crippen LogP contribution >= 0.6 is 11.3 Å². The van der Waals surface area contributed by atoms with Crippen molar-refractivity contribution >= 4 is 27.3 Å². The molecule has 0 unspecified atom stereocenters. The fraction of sp³-hybridized carbons (Fsp3) is 0.688. The maximum Gasteiger partial charge on any atom is 0.252 e. The summed E-state index contributed by atoms with van der Waals surface area (Å²) in [5.74, 6) is -0.0955. The number of ether oxygens (including phenoxy) is 1. The predicted octanol–water partition coefficient (Wildman–Crippen LogP) is 1.15. The van der Waals surface area contributed by atoms with Crippen molar-refractivity contribution in [2.45, 2.75) is 35.5 Å². The number of likely N-dealkylation sites (N-methyl/N-ethyl adjacent to an activating group) is 1. The normalized spacial score (nSPS) is 17.6. The van der Waals surface area contributed by atoms with Gasteiger partial charge in [0.2, 0.25) is 5.91 Å². The van der Waals surface area contributed by atoms with Gasteiger partial charge in [-0.2, -0.15) is 0 Å². The number of rotatable bonds is 8. The maximum atomic E-state index is 12.3. The highest BCUT2D eigenvalue weighted by Crippen LogP contribution is 2.22. The molecule has 1 fully saturated rings. The molecule has 9 heteroatoms. The first-order chi connectivity index (χ1) is 11.7. The second kappa shape index (κ2) is 8.59. The number of amides is 1. The molecule has 0 saturated carbocycles. The summed E-state index contributed by atoms with van der Waals surface area (Å²) < 4.78 is 31.4. The average molecular weight is 391 g/mol. The number of carbonyl (C=O) groups excluding carboxylic acids is 1. The Morgan fingerprint density at radius 1 is 1.36 bits per heavy atom. The molecule has 0 spiro atoms. The third-order valence-electron chi connectivity index (χ3n) is 4.40.